The molecule has 2 aliphatic rings. The molecule has 0 spiro atoms. The van der Waals surface area contributed by atoms with E-state index in [-0.39, 0.29) is 11.9 Å². The summed E-state index contributed by atoms with van der Waals surface area (Å²) in [6.07, 6.45) is 2.63. The number of carbonyl (C=O) groups excluding carboxylic acids is 1. The maximum atomic E-state index is 13.0. The molecule has 0 atom stereocenters. The fourth-order valence-corrected chi connectivity index (χ4v) is 3.72. The molecule has 1 saturated heterocycles. The van der Waals surface area contributed by atoms with Crippen LogP contribution >= 0.6 is 0 Å². The van der Waals surface area contributed by atoms with Crippen molar-refractivity contribution in [1.29, 1.82) is 0 Å². The molecule has 8 nitrogen and oxygen atoms in total. The van der Waals surface area contributed by atoms with Gasteiger partial charge in [0.2, 0.25) is 5.95 Å². The highest BCUT2D eigenvalue weighted by atomic mass is 16.5. The zero-order chi connectivity index (χ0) is 19.7. The molecule has 150 valence electrons. The Balaban J connectivity index is 1.64. The van der Waals surface area contributed by atoms with Crippen LogP contribution in [0.3, 0.4) is 0 Å². The van der Waals surface area contributed by atoms with Gasteiger partial charge >= 0.3 is 0 Å². The molecule has 0 radical (unpaired) electrons. The third kappa shape index (κ3) is 3.69. The number of ether oxygens (including phenoxy) is 1. The Morgan fingerprint density at radius 1 is 1.21 bits per heavy atom. The van der Waals surface area contributed by atoms with E-state index in [1.165, 1.54) is 0 Å². The average Bonchev–Trinajstić information content (AvgIpc) is 3.13. The van der Waals surface area contributed by atoms with Crippen LogP contribution in [0.25, 0.3) is 0 Å². The van der Waals surface area contributed by atoms with E-state index in [9.17, 15) is 4.79 Å². The number of amides is 1. The Hall–Kier alpha value is -2.61. The van der Waals surface area contributed by atoms with Gasteiger partial charge in [-0.25, -0.2) is 4.98 Å². The molecule has 0 aliphatic carbocycles. The SMILES string of the molecule is CC(C)Nc1nc(N2CCOCC2)nc2c1CN(C(=O)c1cccn1C)CC2. The Morgan fingerprint density at radius 2 is 2.00 bits per heavy atom. The Morgan fingerprint density at radius 3 is 2.68 bits per heavy atom. The predicted octanol–water partition coefficient (Wildman–Crippen LogP) is 1.67. The minimum Gasteiger partial charge on any atom is -0.378 e. The van der Waals surface area contributed by atoms with Crippen molar-refractivity contribution in [2.24, 2.45) is 7.05 Å². The molecule has 0 aromatic carbocycles. The van der Waals surface area contributed by atoms with Crippen LogP contribution in [-0.4, -0.2) is 64.2 Å². The number of nitrogens with zero attached hydrogens (tertiary/aromatic N) is 5. The third-order valence-corrected chi connectivity index (χ3v) is 5.22. The molecule has 0 bridgehead atoms. The summed E-state index contributed by atoms with van der Waals surface area (Å²) >= 11 is 0. The molecule has 1 N–H and O–H groups in total. The number of fused-ring (bicyclic) bond motifs is 1. The van der Waals surface area contributed by atoms with Crippen LogP contribution in [-0.2, 0) is 24.8 Å². The number of anilines is 2. The first-order valence-electron chi connectivity index (χ1n) is 9.92. The number of hydrogen-bond acceptors (Lipinski definition) is 6. The van der Waals surface area contributed by atoms with E-state index < -0.39 is 0 Å². The fraction of sp³-hybridized carbons (Fsp3) is 0.550. The fourth-order valence-electron chi connectivity index (χ4n) is 3.72. The maximum absolute atomic E-state index is 13.0. The zero-order valence-corrected chi connectivity index (χ0v) is 16.8. The first-order chi connectivity index (χ1) is 13.5. The average molecular weight is 384 g/mol. The second-order valence-corrected chi connectivity index (χ2v) is 7.68. The van der Waals surface area contributed by atoms with E-state index in [1.54, 1.807) is 0 Å². The molecule has 0 saturated carbocycles. The lowest BCUT2D eigenvalue weighted by atomic mass is 10.1. The van der Waals surface area contributed by atoms with Crippen LogP contribution in [0.1, 0.15) is 35.6 Å². The van der Waals surface area contributed by atoms with Crippen LogP contribution in [0.5, 0.6) is 0 Å². The summed E-state index contributed by atoms with van der Waals surface area (Å²) in [5, 5.41) is 3.47. The van der Waals surface area contributed by atoms with Crippen LogP contribution in [0.4, 0.5) is 11.8 Å². The van der Waals surface area contributed by atoms with Crippen molar-refractivity contribution in [3.05, 3.63) is 35.3 Å². The van der Waals surface area contributed by atoms with E-state index in [2.05, 4.69) is 24.1 Å². The van der Waals surface area contributed by atoms with Gasteiger partial charge in [0.1, 0.15) is 11.5 Å². The van der Waals surface area contributed by atoms with Gasteiger partial charge in [-0.1, -0.05) is 0 Å². The van der Waals surface area contributed by atoms with Crippen molar-refractivity contribution >= 4 is 17.7 Å². The number of nitrogens with one attached hydrogen (secondary N) is 1. The third-order valence-electron chi connectivity index (χ3n) is 5.22. The van der Waals surface area contributed by atoms with Gasteiger partial charge in [-0.2, -0.15) is 4.98 Å². The Bertz CT molecular complexity index is 856. The van der Waals surface area contributed by atoms with Crippen LogP contribution in [0.2, 0.25) is 0 Å². The van der Waals surface area contributed by atoms with Gasteiger partial charge in [-0.3, -0.25) is 4.79 Å². The number of aryl methyl sites for hydroxylation is 1. The Labute approximate surface area is 165 Å². The summed E-state index contributed by atoms with van der Waals surface area (Å²) in [5.74, 6) is 1.64. The highest BCUT2D eigenvalue weighted by Crippen LogP contribution is 2.28. The first-order valence-corrected chi connectivity index (χ1v) is 9.92. The van der Waals surface area contributed by atoms with Crippen LogP contribution < -0.4 is 10.2 Å². The molecule has 1 fully saturated rings. The topological polar surface area (TPSA) is 75.5 Å². The van der Waals surface area contributed by atoms with E-state index in [0.29, 0.717) is 32.0 Å². The van der Waals surface area contributed by atoms with Crippen molar-refractivity contribution in [2.75, 3.05) is 43.1 Å². The summed E-state index contributed by atoms with van der Waals surface area (Å²) in [7, 11) is 1.90. The van der Waals surface area contributed by atoms with Crippen molar-refractivity contribution in [3.63, 3.8) is 0 Å². The molecule has 1 amide bonds. The second kappa shape index (κ2) is 7.79. The van der Waals surface area contributed by atoms with Crippen molar-refractivity contribution in [1.82, 2.24) is 19.4 Å². The monoisotopic (exact) mass is 384 g/mol. The number of aromatic nitrogens is 3. The molecular weight excluding hydrogens is 356 g/mol. The molecule has 4 heterocycles. The molecule has 8 heteroatoms. The minimum absolute atomic E-state index is 0.0471. The second-order valence-electron chi connectivity index (χ2n) is 7.68. The van der Waals surface area contributed by atoms with E-state index in [1.807, 2.05) is 34.8 Å². The lowest BCUT2D eigenvalue weighted by Gasteiger charge is -2.32. The normalized spacial score (nSPS) is 17.0. The Kier molecular flexibility index (Phi) is 5.21. The van der Waals surface area contributed by atoms with Gasteiger partial charge in [0.15, 0.2) is 0 Å². The smallest absolute Gasteiger partial charge is 0.270 e. The van der Waals surface area contributed by atoms with Gasteiger partial charge in [-0.05, 0) is 26.0 Å². The van der Waals surface area contributed by atoms with Gasteiger partial charge in [0.25, 0.3) is 5.91 Å². The van der Waals surface area contributed by atoms with E-state index in [0.717, 1.165) is 42.5 Å². The largest absolute Gasteiger partial charge is 0.378 e. The van der Waals surface area contributed by atoms with Gasteiger partial charge in [0.05, 0.1) is 25.5 Å². The standard InChI is InChI=1S/C20H28N6O2/c1-14(2)21-18-15-13-26(19(27)17-5-4-7-24(17)3)8-6-16(15)22-20(23-18)25-9-11-28-12-10-25/h4-5,7,14H,6,8-13H2,1-3H3,(H,21,22,23). The molecule has 28 heavy (non-hydrogen) atoms. The van der Waals surface area contributed by atoms with Gasteiger partial charge < -0.3 is 24.4 Å². The summed E-state index contributed by atoms with van der Waals surface area (Å²) in [4.78, 5) is 26.7. The molecule has 2 aliphatic heterocycles. The van der Waals surface area contributed by atoms with Crippen molar-refractivity contribution in [3.8, 4) is 0 Å². The number of morpholine rings is 1. The highest BCUT2D eigenvalue weighted by molar-refractivity contribution is 5.93. The summed E-state index contributed by atoms with van der Waals surface area (Å²) < 4.78 is 7.32. The summed E-state index contributed by atoms with van der Waals surface area (Å²) in [6, 6.07) is 4.01. The molecular formula is C20H28N6O2. The van der Waals surface area contributed by atoms with Gasteiger partial charge in [-0.15, -0.1) is 0 Å². The molecule has 0 unspecified atom stereocenters. The lowest BCUT2D eigenvalue weighted by molar-refractivity contribution is 0.0724. The minimum atomic E-state index is 0.0471. The number of carbonyl (C=O) groups is 1. The van der Waals surface area contributed by atoms with E-state index >= 15 is 0 Å². The summed E-state index contributed by atoms with van der Waals surface area (Å²) in [6.45, 7) is 8.39. The van der Waals surface area contributed by atoms with Gasteiger partial charge in [0, 0.05) is 50.9 Å². The summed E-state index contributed by atoms with van der Waals surface area (Å²) in [5.41, 5.74) is 2.77. The quantitative estimate of drug-likeness (QED) is 0.864. The molecule has 4 rings (SSSR count). The van der Waals surface area contributed by atoms with Crippen LogP contribution in [0, 0.1) is 0 Å². The number of rotatable bonds is 4. The predicted molar refractivity (Wildman–Crippen MR) is 108 cm³/mol. The number of hydrogen-bond donors (Lipinski definition) is 1. The maximum Gasteiger partial charge on any atom is 0.270 e. The van der Waals surface area contributed by atoms with E-state index in [4.69, 9.17) is 14.7 Å². The molecule has 2 aromatic rings. The first kappa shape index (κ1) is 18.7. The lowest BCUT2D eigenvalue weighted by Crippen LogP contribution is -2.40. The van der Waals surface area contributed by atoms with Crippen LogP contribution in [0.15, 0.2) is 18.3 Å². The molecule has 2 aromatic heterocycles. The van der Waals surface area contributed by atoms with Crippen molar-refractivity contribution in [2.45, 2.75) is 32.9 Å². The van der Waals surface area contributed by atoms with Crippen molar-refractivity contribution < 1.29 is 9.53 Å². The zero-order valence-electron chi connectivity index (χ0n) is 16.8. The highest BCUT2D eigenvalue weighted by Gasteiger charge is 2.28.